The summed E-state index contributed by atoms with van der Waals surface area (Å²) in [5.74, 6) is 0.855. The summed E-state index contributed by atoms with van der Waals surface area (Å²) in [4.78, 5) is 2.66. The van der Waals surface area contributed by atoms with E-state index < -0.39 is 0 Å². The van der Waals surface area contributed by atoms with E-state index in [1.54, 1.807) is 0 Å². The largest absolute Gasteiger partial charge is 0.380 e. The molecule has 1 aliphatic heterocycles. The summed E-state index contributed by atoms with van der Waals surface area (Å²) in [6.45, 7) is 3.71. The van der Waals surface area contributed by atoms with Crippen LogP contribution in [-0.2, 0) is 4.74 Å². The highest BCUT2D eigenvalue weighted by Crippen LogP contribution is 2.30. The molecule has 3 heteroatoms. The zero-order valence-electron chi connectivity index (χ0n) is 10.0. The van der Waals surface area contributed by atoms with Gasteiger partial charge in [-0.15, -0.1) is 0 Å². The molecule has 2 fully saturated rings. The molecule has 0 amide bonds. The Kier molecular flexibility index (Phi) is 4.00. The van der Waals surface area contributed by atoms with Crippen molar-refractivity contribution >= 4 is 0 Å². The van der Waals surface area contributed by atoms with E-state index >= 15 is 0 Å². The van der Waals surface area contributed by atoms with Gasteiger partial charge in [-0.3, -0.25) is 4.90 Å². The van der Waals surface area contributed by atoms with Gasteiger partial charge in [0, 0.05) is 19.7 Å². The maximum Gasteiger partial charge on any atom is 0.0726 e. The highest BCUT2D eigenvalue weighted by Gasteiger charge is 2.35. The first-order valence-corrected chi connectivity index (χ1v) is 6.26. The predicted octanol–water partition coefficient (Wildman–Crippen LogP) is 1.10. The lowest BCUT2D eigenvalue weighted by atomic mass is 10.1. The Bertz CT molecular complexity index is 198. The van der Waals surface area contributed by atoms with Crippen LogP contribution in [-0.4, -0.2) is 50.8 Å². The van der Waals surface area contributed by atoms with Crippen LogP contribution in [0.4, 0.5) is 0 Å². The van der Waals surface area contributed by atoms with E-state index in [1.165, 1.54) is 45.3 Å². The van der Waals surface area contributed by atoms with Crippen molar-refractivity contribution in [2.75, 3.05) is 33.8 Å². The van der Waals surface area contributed by atoms with Crippen LogP contribution in [0, 0.1) is 5.92 Å². The molecule has 1 saturated carbocycles. The first-order chi connectivity index (χ1) is 7.35. The molecular formula is C12H24N2O. The first-order valence-electron chi connectivity index (χ1n) is 6.26. The molecule has 3 unspecified atom stereocenters. The lowest BCUT2D eigenvalue weighted by Gasteiger charge is -2.28. The fourth-order valence-corrected chi connectivity index (χ4v) is 3.22. The summed E-state index contributed by atoms with van der Waals surface area (Å²) in [7, 11) is 3.92. The van der Waals surface area contributed by atoms with Crippen LogP contribution >= 0.6 is 0 Å². The van der Waals surface area contributed by atoms with Gasteiger partial charge in [-0.25, -0.2) is 0 Å². The zero-order valence-corrected chi connectivity index (χ0v) is 10.0. The standard InChI is InChI=1S/C12H24N2O/c1-13-8-10-6-7-14(9-10)11-4-3-5-12(11)15-2/h10-13H,3-9H2,1-2H3. The van der Waals surface area contributed by atoms with Gasteiger partial charge in [0.2, 0.25) is 0 Å². The molecular weight excluding hydrogens is 188 g/mol. The van der Waals surface area contributed by atoms with Crippen molar-refractivity contribution in [1.29, 1.82) is 0 Å². The molecule has 0 aromatic rings. The van der Waals surface area contributed by atoms with Crippen molar-refractivity contribution in [3.05, 3.63) is 0 Å². The van der Waals surface area contributed by atoms with Gasteiger partial charge < -0.3 is 10.1 Å². The van der Waals surface area contributed by atoms with E-state index in [2.05, 4.69) is 17.3 Å². The number of nitrogens with one attached hydrogen (secondary N) is 1. The second-order valence-corrected chi connectivity index (χ2v) is 4.98. The van der Waals surface area contributed by atoms with Crippen molar-refractivity contribution in [3.63, 3.8) is 0 Å². The Morgan fingerprint density at radius 3 is 2.93 bits per heavy atom. The van der Waals surface area contributed by atoms with E-state index in [4.69, 9.17) is 4.74 Å². The topological polar surface area (TPSA) is 24.5 Å². The third kappa shape index (κ3) is 2.52. The van der Waals surface area contributed by atoms with Crippen molar-refractivity contribution in [2.45, 2.75) is 37.8 Å². The maximum absolute atomic E-state index is 5.57. The van der Waals surface area contributed by atoms with Crippen molar-refractivity contribution in [2.24, 2.45) is 5.92 Å². The van der Waals surface area contributed by atoms with Crippen molar-refractivity contribution in [1.82, 2.24) is 10.2 Å². The summed E-state index contributed by atoms with van der Waals surface area (Å²) >= 11 is 0. The highest BCUT2D eigenvalue weighted by molar-refractivity contribution is 4.90. The van der Waals surface area contributed by atoms with Gasteiger partial charge in [-0.05, 0) is 51.7 Å². The average molecular weight is 212 g/mol. The molecule has 1 N–H and O–H groups in total. The van der Waals surface area contributed by atoms with Gasteiger partial charge in [0.15, 0.2) is 0 Å². The van der Waals surface area contributed by atoms with Gasteiger partial charge in [0.1, 0.15) is 0 Å². The lowest BCUT2D eigenvalue weighted by molar-refractivity contribution is 0.0409. The Morgan fingerprint density at radius 2 is 2.20 bits per heavy atom. The number of likely N-dealkylation sites (tertiary alicyclic amines) is 1. The van der Waals surface area contributed by atoms with E-state index in [0.29, 0.717) is 12.1 Å². The Balaban J connectivity index is 1.84. The second-order valence-electron chi connectivity index (χ2n) is 4.98. The molecule has 2 aliphatic rings. The summed E-state index contributed by atoms with van der Waals surface area (Å²) < 4.78 is 5.57. The Labute approximate surface area is 93.2 Å². The molecule has 1 saturated heterocycles. The third-order valence-corrected chi connectivity index (χ3v) is 4.00. The summed E-state index contributed by atoms with van der Waals surface area (Å²) in [5, 5.41) is 3.29. The van der Waals surface area contributed by atoms with Gasteiger partial charge in [-0.2, -0.15) is 0 Å². The number of hydrogen-bond donors (Lipinski definition) is 1. The van der Waals surface area contributed by atoms with E-state index in [9.17, 15) is 0 Å². The number of nitrogens with zero attached hydrogens (tertiary/aromatic N) is 1. The van der Waals surface area contributed by atoms with Gasteiger partial charge in [0.25, 0.3) is 0 Å². The van der Waals surface area contributed by atoms with E-state index in [-0.39, 0.29) is 0 Å². The normalized spacial score (nSPS) is 37.6. The van der Waals surface area contributed by atoms with Crippen LogP contribution in [0.1, 0.15) is 25.7 Å². The van der Waals surface area contributed by atoms with Gasteiger partial charge in [-0.1, -0.05) is 0 Å². The summed E-state index contributed by atoms with van der Waals surface area (Å²) in [6, 6.07) is 0.705. The lowest BCUT2D eigenvalue weighted by Crippen LogP contribution is -2.40. The second kappa shape index (κ2) is 5.28. The minimum atomic E-state index is 0.498. The van der Waals surface area contributed by atoms with Crippen LogP contribution in [0.3, 0.4) is 0 Å². The van der Waals surface area contributed by atoms with Gasteiger partial charge in [0.05, 0.1) is 6.10 Å². The maximum atomic E-state index is 5.57. The van der Waals surface area contributed by atoms with Crippen molar-refractivity contribution < 1.29 is 4.74 Å². The molecule has 0 aromatic carbocycles. The third-order valence-electron chi connectivity index (χ3n) is 4.00. The minimum Gasteiger partial charge on any atom is -0.380 e. The average Bonchev–Trinajstić information content (AvgIpc) is 2.84. The number of methoxy groups -OCH3 is 1. The molecule has 1 heterocycles. The summed E-state index contributed by atoms with van der Waals surface area (Å²) in [6.07, 6.45) is 5.79. The van der Waals surface area contributed by atoms with Crippen LogP contribution < -0.4 is 5.32 Å². The minimum absolute atomic E-state index is 0.498. The molecule has 15 heavy (non-hydrogen) atoms. The fourth-order valence-electron chi connectivity index (χ4n) is 3.22. The van der Waals surface area contributed by atoms with Crippen LogP contribution in [0.2, 0.25) is 0 Å². The van der Waals surface area contributed by atoms with E-state index in [0.717, 1.165) is 5.92 Å². The molecule has 2 rings (SSSR count). The quantitative estimate of drug-likeness (QED) is 0.755. The molecule has 88 valence electrons. The number of ether oxygens (including phenoxy) is 1. The molecule has 3 nitrogen and oxygen atoms in total. The zero-order chi connectivity index (χ0) is 10.7. The smallest absolute Gasteiger partial charge is 0.0726 e. The molecule has 0 radical (unpaired) electrons. The van der Waals surface area contributed by atoms with Crippen LogP contribution in [0.25, 0.3) is 0 Å². The summed E-state index contributed by atoms with van der Waals surface area (Å²) in [5.41, 5.74) is 0. The van der Waals surface area contributed by atoms with E-state index in [1.807, 2.05) is 7.11 Å². The molecule has 0 spiro atoms. The number of hydrogen-bond acceptors (Lipinski definition) is 3. The van der Waals surface area contributed by atoms with Crippen LogP contribution in [0.5, 0.6) is 0 Å². The number of rotatable bonds is 4. The first kappa shape index (κ1) is 11.4. The Hall–Kier alpha value is -0.120. The molecule has 3 atom stereocenters. The highest BCUT2D eigenvalue weighted by atomic mass is 16.5. The monoisotopic (exact) mass is 212 g/mol. The molecule has 1 aliphatic carbocycles. The Morgan fingerprint density at radius 1 is 1.33 bits per heavy atom. The van der Waals surface area contributed by atoms with Gasteiger partial charge >= 0.3 is 0 Å². The SMILES string of the molecule is CNCC1CCN(C2CCCC2OC)C1. The van der Waals surface area contributed by atoms with Crippen molar-refractivity contribution in [3.8, 4) is 0 Å². The molecule has 0 bridgehead atoms. The molecule has 0 aromatic heterocycles. The fraction of sp³-hybridized carbons (Fsp3) is 1.00. The van der Waals surface area contributed by atoms with Crippen LogP contribution in [0.15, 0.2) is 0 Å². The predicted molar refractivity (Wildman–Crippen MR) is 62.0 cm³/mol.